The maximum absolute atomic E-state index is 13.5. The van der Waals surface area contributed by atoms with Gasteiger partial charge in [0.05, 0.1) is 22.3 Å². The summed E-state index contributed by atoms with van der Waals surface area (Å²) in [6.07, 6.45) is 2.37. The van der Waals surface area contributed by atoms with Crippen LogP contribution in [0.5, 0.6) is 0 Å². The van der Waals surface area contributed by atoms with Crippen LogP contribution in [0.25, 0.3) is 16.6 Å². The van der Waals surface area contributed by atoms with Crippen LogP contribution in [0.1, 0.15) is 45.1 Å². The Hall–Kier alpha value is -2.60. The van der Waals surface area contributed by atoms with Crippen molar-refractivity contribution in [2.45, 2.75) is 50.7 Å². The molecule has 6 heteroatoms. The summed E-state index contributed by atoms with van der Waals surface area (Å²) in [5, 5.41) is 4.20. The maximum atomic E-state index is 13.5. The number of rotatable bonds is 7. The van der Waals surface area contributed by atoms with Gasteiger partial charge in [-0.1, -0.05) is 55.9 Å². The van der Waals surface area contributed by atoms with Gasteiger partial charge in [0.25, 0.3) is 5.56 Å². The Balaban J connectivity index is 1.74. The van der Waals surface area contributed by atoms with Gasteiger partial charge in [-0.05, 0) is 55.4 Å². The van der Waals surface area contributed by atoms with Crippen molar-refractivity contribution >= 4 is 28.6 Å². The van der Waals surface area contributed by atoms with Gasteiger partial charge in [-0.15, -0.1) is 0 Å². The van der Waals surface area contributed by atoms with E-state index in [2.05, 4.69) is 26.1 Å². The van der Waals surface area contributed by atoms with Crippen LogP contribution in [0.2, 0.25) is 0 Å². The van der Waals surface area contributed by atoms with Crippen LogP contribution < -0.4 is 10.9 Å². The molecular weight excluding hydrogens is 394 g/mol. The summed E-state index contributed by atoms with van der Waals surface area (Å²) >= 11 is 1.31. The zero-order valence-corrected chi connectivity index (χ0v) is 18.4. The number of aromatic nitrogens is 2. The second-order valence-corrected chi connectivity index (χ2v) is 9.19. The fourth-order valence-electron chi connectivity index (χ4n) is 3.74. The van der Waals surface area contributed by atoms with Crippen LogP contribution >= 0.6 is 11.8 Å². The zero-order chi connectivity index (χ0) is 21.3. The standard InChI is InChI=1S/C24H27N3O2S/c1-15(2)18-8-5-7-11-21(18)27-23(29)19-9-4-6-10-20(19)26-24(27)30-14-22(28)25-16(3)17-12-13-17/h4-11,15-17H,12-14H2,1-3H3,(H,25,28)/t16-/m1/s1. The van der Waals surface area contributed by atoms with Crippen molar-refractivity contribution in [1.29, 1.82) is 0 Å². The number of fused-ring (bicyclic) bond motifs is 1. The number of thioether (sulfide) groups is 1. The molecule has 0 bridgehead atoms. The van der Waals surface area contributed by atoms with Crippen molar-refractivity contribution in [2.75, 3.05) is 5.75 Å². The van der Waals surface area contributed by atoms with Crippen molar-refractivity contribution in [3.05, 3.63) is 64.4 Å². The Morgan fingerprint density at radius 3 is 2.57 bits per heavy atom. The van der Waals surface area contributed by atoms with E-state index in [0.717, 1.165) is 11.3 Å². The molecule has 0 spiro atoms. The summed E-state index contributed by atoms with van der Waals surface area (Å²) in [6, 6.07) is 15.5. The van der Waals surface area contributed by atoms with Crippen LogP contribution in [0.4, 0.5) is 0 Å². The van der Waals surface area contributed by atoms with Crippen molar-refractivity contribution < 1.29 is 4.79 Å². The SMILES string of the molecule is CC(C)c1ccccc1-n1c(SCC(=O)N[C@H](C)C2CC2)nc2ccccc2c1=O. The minimum Gasteiger partial charge on any atom is -0.353 e. The third kappa shape index (κ3) is 4.29. The van der Waals surface area contributed by atoms with Crippen LogP contribution in [0.15, 0.2) is 58.5 Å². The topological polar surface area (TPSA) is 64.0 Å². The molecule has 0 radical (unpaired) electrons. The summed E-state index contributed by atoms with van der Waals surface area (Å²) < 4.78 is 1.67. The first-order chi connectivity index (χ1) is 14.5. The summed E-state index contributed by atoms with van der Waals surface area (Å²) in [4.78, 5) is 30.7. The highest BCUT2D eigenvalue weighted by Gasteiger charge is 2.29. The molecule has 1 fully saturated rings. The first kappa shape index (κ1) is 20.7. The third-order valence-electron chi connectivity index (χ3n) is 5.59. The lowest BCUT2D eigenvalue weighted by Crippen LogP contribution is -2.35. The number of nitrogens with one attached hydrogen (secondary N) is 1. The number of nitrogens with zero attached hydrogens (tertiary/aromatic N) is 2. The molecule has 5 nitrogen and oxygen atoms in total. The van der Waals surface area contributed by atoms with E-state index in [0.29, 0.717) is 22.0 Å². The van der Waals surface area contributed by atoms with Gasteiger partial charge in [0.2, 0.25) is 5.91 Å². The average molecular weight is 422 g/mol. The number of carbonyl (C=O) groups is 1. The summed E-state index contributed by atoms with van der Waals surface area (Å²) in [5.74, 6) is 1.06. The van der Waals surface area contributed by atoms with Crippen molar-refractivity contribution in [1.82, 2.24) is 14.9 Å². The fraction of sp³-hybridized carbons (Fsp3) is 0.375. The molecule has 1 atom stereocenters. The first-order valence-corrected chi connectivity index (χ1v) is 11.5. The average Bonchev–Trinajstić information content (AvgIpc) is 3.58. The number of amides is 1. The van der Waals surface area contributed by atoms with Gasteiger partial charge in [-0.25, -0.2) is 4.98 Å². The fourth-order valence-corrected chi connectivity index (χ4v) is 4.56. The molecule has 1 amide bonds. The Labute approximate surface area is 180 Å². The molecule has 3 aromatic rings. The molecule has 156 valence electrons. The monoisotopic (exact) mass is 421 g/mol. The van der Waals surface area contributed by atoms with Gasteiger partial charge in [0, 0.05) is 6.04 Å². The van der Waals surface area contributed by atoms with Gasteiger partial charge in [-0.3, -0.25) is 14.2 Å². The van der Waals surface area contributed by atoms with E-state index in [1.165, 1.54) is 24.6 Å². The molecule has 2 aromatic carbocycles. The van der Waals surface area contributed by atoms with Crippen molar-refractivity contribution in [3.63, 3.8) is 0 Å². The van der Waals surface area contributed by atoms with E-state index >= 15 is 0 Å². The van der Waals surface area contributed by atoms with Crippen LogP contribution in [0, 0.1) is 5.92 Å². The highest BCUT2D eigenvalue weighted by atomic mass is 32.2. The summed E-state index contributed by atoms with van der Waals surface area (Å²) in [7, 11) is 0. The molecule has 1 aliphatic carbocycles. The van der Waals surface area contributed by atoms with Gasteiger partial charge in [-0.2, -0.15) is 0 Å². The first-order valence-electron chi connectivity index (χ1n) is 10.5. The second kappa shape index (κ2) is 8.64. The molecule has 1 heterocycles. The van der Waals surface area contributed by atoms with E-state index in [-0.39, 0.29) is 29.2 Å². The summed E-state index contributed by atoms with van der Waals surface area (Å²) in [6.45, 7) is 6.28. The summed E-state index contributed by atoms with van der Waals surface area (Å²) in [5.41, 5.74) is 2.44. The lowest BCUT2D eigenvalue weighted by molar-refractivity contribution is -0.119. The maximum Gasteiger partial charge on any atom is 0.266 e. The van der Waals surface area contributed by atoms with Gasteiger partial charge >= 0.3 is 0 Å². The van der Waals surface area contributed by atoms with E-state index in [9.17, 15) is 9.59 Å². The van der Waals surface area contributed by atoms with Gasteiger partial charge < -0.3 is 5.32 Å². The van der Waals surface area contributed by atoms with E-state index < -0.39 is 0 Å². The smallest absolute Gasteiger partial charge is 0.266 e. The molecule has 0 unspecified atom stereocenters. The third-order valence-corrected chi connectivity index (χ3v) is 6.53. The molecular formula is C24H27N3O2S. The van der Waals surface area contributed by atoms with Gasteiger partial charge in [0.1, 0.15) is 0 Å². The largest absolute Gasteiger partial charge is 0.353 e. The molecule has 4 rings (SSSR count). The van der Waals surface area contributed by atoms with Crippen molar-refractivity contribution in [3.8, 4) is 5.69 Å². The Bertz CT molecular complexity index is 1130. The Kier molecular flexibility index (Phi) is 5.95. The number of para-hydroxylation sites is 2. The van der Waals surface area contributed by atoms with Crippen LogP contribution in [0.3, 0.4) is 0 Å². The quantitative estimate of drug-likeness (QED) is 0.450. The number of hydrogen-bond donors (Lipinski definition) is 1. The predicted octanol–water partition coefficient (Wildman–Crippen LogP) is 4.52. The lowest BCUT2D eigenvalue weighted by Gasteiger charge is -2.18. The zero-order valence-electron chi connectivity index (χ0n) is 17.6. The van der Waals surface area contributed by atoms with E-state index in [4.69, 9.17) is 4.98 Å². The minimum atomic E-state index is -0.108. The minimum absolute atomic E-state index is 0.0227. The van der Waals surface area contributed by atoms with Crippen molar-refractivity contribution in [2.24, 2.45) is 5.92 Å². The molecule has 1 aromatic heterocycles. The highest BCUT2D eigenvalue weighted by molar-refractivity contribution is 7.99. The molecule has 30 heavy (non-hydrogen) atoms. The number of hydrogen-bond acceptors (Lipinski definition) is 4. The molecule has 1 N–H and O–H groups in total. The molecule has 0 saturated heterocycles. The van der Waals surface area contributed by atoms with E-state index in [1.54, 1.807) is 10.6 Å². The Morgan fingerprint density at radius 1 is 1.13 bits per heavy atom. The molecule has 1 saturated carbocycles. The number of carbonyl (C=O) groups excluding carboxylic acids is 1. The molecule has 0 aliphatic heterocycles. The second-order valence-electron chi connectivity index (χ2n) is 8.25. The van der Waals surface area contributed by atoms with E-state index in [1.807, 2.05) is 42.5 Å². The number of benzene rings is 2. The normalized spacial score (nSPS) is 14.8. The predicted molar refractivity (Wildman–Crippen MR) is 122 cm³/mol. The van der Waals surface area contributed by atoms with Crippen LogP contribution in [-0.2, 0) is 4.79 Å². The van der Waals surface area contributed by atoms with Crippen LogP contribution in [-0.4, -0.2) is 27.3 Å². The molecule has 1 aliphatic rings. The van der Waals surface area contributed by atoms with Gasteiger partial charge in [0.15, 0.2) is 5.16 Å². The Morgan fingerprint density at radius 2 is 1.83 bits per heavy atom. The lowest BCUT2D eigenvalue weighted by atomic mass is 10.0. The highest BCUT2D eigenvalue weighted by Crippen LogP contribution is 2.32.